The van der Waals surface area contributed by atoms with Crippen molar-refractivity contribution < 1.29 is 19.4 Å². The first-order valence-corrected chi connectivity index (χ1v) is 4.37. The molecule has 0 radical (unpaired) electrons. The average Bonchev–Trinajstić information content (AvgIpc) is 1.96. The van der Waals surface area contributed by atoms with Crippen molar-refractivity contribution in [1.82, 2.24) is 5.32 Å². The molecule has 14 heavy (non-hydrogen) atoms. The summed E-state index contributed by atoms with van der Waals surface area (Å²) in [4.78, 5) is 22.0. The number of ketones is 1. The van der Waals surface area contributed by atoms with Crippen molar-refractivity contribution in [3.63, 3.8) is 0 Å². The molecule has 0 aromatic carbocycles. The number of alkyl carbamates (subject to hydrolysis) is 1. The van der Waals surface area contributed by atoms with Gasteiger partial charge >= 0.3 is 6.09 Å². The number of rotatable bonds is 3. The Morgan fingerprint density at radius 1 is 1.43 bits per heavy atom. The Hall–Kier alpha value is -1.10. The molecule has 0 aliphatic rings. The van der Waals surface area contributed by atoms with Crippen LogP contribution < -0.4 is 5.32 Å². The van der Waals surface area contributed by atoms with Crippen LogP contribution in [0.2, 0.25) is 0 Å². The van der Waals surface area contributed by atoms with Crippen molar-refractivity contribution in [1.29, 1.82) is 0 Å². The molecule has 0 heterocycles. The fraction of sp³-hybridized carbons (Fsp3) is 0.778. The molecule has 0 saturated heterocycles. The van der Waals surface area contributed by atoms with Crippen molar-refractivity contribution >= 4 is 11.9 Å². The van der Waals surface area contributed by atoms with E-state index in [-0.39, 0.29) is 5.78 Å². The molecule has 82 valence electrons. The molecule has 0 unspecified atom stereocenters. The zero-order valence-electron chi connectivity index (χ0n) is 8.96. The van der Waals surface area contributed by atoms with E-state index in [1.165, 1.54) is 6.92 Å². The van der Waals surface area contributed by atoms with Gasteiger partial charge in [0.25, 0.3) is 0 Å². The lowest BCUT2D eigenvalue weighted by Gasteiger charge is -2.21. The first-order valence-electron chi connectivity index (χ1n) is 4.37. The Morgan fingerprint density at radius 3 is 2.21 bits per heavy atom. The molecule has 1 amide bonds. The smallest absolute Gasteiger partial charge is 0.408 e. The fourth-order valence-corrected chi connectivity index (χ4v) is 0.726. The van der Waals surface area contributed by atoms with Crippen LogP contribution >= 0.6 is 0 Å². The molecular formula is C9H17NO4. The number of nitrogens with one attached hydrogen (secondary N) is 1. The lowest BCUT2D eigenvalue weighted by atomic mass is 10.2. The highest BCUT2D eigenvalue weighted by molar-refractivity contribution is 5.85. The van der Waals surface area contributed by atoms with Crippen LogP contribution in [-0.2, 0) is 9.53 Å². The van der Waals surface area contributed by atoms with Crippen molar-refractivity contribution in [2.24, 2.45) is 0 Å². The molecule has 0 spiro atoms. The van der Waals surface area contributed by atoms with E-state index in [1.807, 2.05) is 0 Å². The van der Waals surface area contributed by atoms with Gasteiger partial charge in [0, 0.05) is 0 Å². The summed E-state index contributed by atoms with van der Waals surface area (Å²) in [6, 6.07) is -0.884. The summed E-state index contributed by atoms with van der Waals surface area (Å²) in [6.45, 7) is 6.02. The number of aliphatic hydroxyl groups excluding tert-OH is 1. The van der Waals surface area contributed by atoms with E-state index < -0.39 is 24.3 Å². The van der Waals surface area contributed by atoms with Gasteiger partial charge in [-0.3, -0.25) is 4.79 Å². The number of carbonyl (C=O) groups is 2. The molecule has 0 aliphatic heterocycles. The third kappa shape index (κ3) is 5.53. The van der Waals surface area contributed by atoms with Crippen LogP contribution in [0.5, 0.6) is 0 Å². The van der Waals surface area contributed by atoms with Gasteiger partial charge < -0.3 is 15.2 Å². The first-order chi connectivity index (χ1) is 6.26. The molecule has 0 bridgehead atoms. The molecule has 5 heteroatoms. The monoisotopic (exact) mass is 203 g/mol. The van der Waals surface area contributed by atoms with Crippen LogP contribution in [0.15, 0.2) is 0 Å². The average molecular weight is 203 g/mol. The van der Waals surface area contributed by atoms with Gasteiger partial charge in [0.05, 0.1) is 6.61 Å². The van der Waals surface area contributed by atoms with Crippen LogP contribution in [0.25, 0.3) is 0 Å². The molecule has 5 nitrogen and oxygen atoms in total. The van der Waals surface area contributed by atoms with E-state index in [2.05, 4.69) is 5.32 Å². The summed E-state index contributed by atoms with van der Waals surface area (Å²) in [5.41, 5.74) is -0.610. The Kier molecular flexibility index (Phi) is 4.56. The topological polar surface area (TPSA) is 75.6 Å². The van der Waals surface area contributed by atoms with Gasteiger partial charge in [-0.25, -0.2) is 4.79 Å². The molecular weight excluding hydrogens is 186 g/mol. The molecule has 0 aromatic heterocycles. The van der Waals surface area contributed by atoms with Gasteiger partial charge in [-0.1, -0.05) is 0 Å². The molecule has 0 aromatic rings. The van der Waals surface area contributed by atoms with Gasteiger partial charge in [0.15, 0.2) is 5.78 Å². The van der Waals surface area contributed by atoms with Crippen LogP contribution in [-0.4, -0.2) is 35.2 Å². The predicted molar refractivity (Wildman–Crippen MR) is 50.9 cm³/mol. The van der Waals surface area contributed by atoms with Gasteiger partial charge in [-0.15, -0.1) is 0 Å². The summed E-state index contributed by atoms with van der Waals surface area (Å²) in [7, 11) is 0. The maximum Gasteiger partial charge on any atom is 0.408 e. The van der Waals surface area contributed by atoms with Crippen LogP contribution in [0, 0.1) is 0 Å². The Bertz CT molecular complexity index is 219. The predicted octanol–water partition coefficient (Wildman–Crippen LogP) is 0.461. The third-order valence-electron chi connectivity index (χ3n) is 1.36. The first kappa shape index (κ1) is 12.9. The number of hydrogen-bond acceptors (Lipinski definition) is 4. The number of Topliss-reactive ketones (excluding diaryl/α,β-unsaturated/α-hetero) is 1. The van der Waals surface area contributed by atoms with Crippen molar-refractivity contribution in [2.75, 3.05) is 6.61 Å². The SMILES string of the molecule is CC(=O)[C@@H](CO)NC(=O)OC(C)(C)C. The lowest BCUT2D eigenvalue weighted by Crippen LogP contribution is -2.44. The van der Waals surface area contributed by atoms with Crippen LogP contribution in [0.1, 0.15) is 27.7 Å². The van der Waals surface area contributed by atoms with Crippen LogP contribution in [0.4, 0.5) is 4.79 Å². The second-order valence-corrected chi connectivity index (χ2v) is 3.99. The summed E-state index contributed by atoms with van der Waals surface area (Å²) < 4.78 is 4.91. The third-order valence-corrected chi connectivity index (χ3v) is 1.36. The number of ether oxygens (including phenoxy) is 1. The molecule has 2 N–H and O–H groups in total. The molecule has 0 saturated carbocycles. The largest absolute Gasteiger partial charge is 0.444 e. The molecule has 0 rings (SSSR count). The summed E-state index contributed by atoms with van der Waals surface area (Å²) in [5.74, 6) is -0.307. The minimum absolute atomic E-state index is 0.307. The summed E-state index contributed by atoms with van der Waals surface area (Å²) in [5, 5.41) is 11.0. The number of aliphatic hydroxyl groups is 1. The normalized spacial score (nSPS) is 13.2. The molecule has 0 aliphatic carbocycles. The minimum Gasteiger partial charge on any atom is -0.444 e. The Labute approximate surface area is 83.4 Å². The number of amides is 1. The fourth-order valence-electron chi connectivity index (χ4n) is 0.726. The highest BCUT2D eigenvalue weighted by atomic mass is 16.6. The Morgan fingerprint density at radius 2 is 1.93 bits per heavy atom. The van der Waals surface area contributed by atoms with E-state index in [4.69, 9.17) is 9.84 Å². The maximum absolute atomic E-state index is 11.1. The lowest BCUT2D eigenvalue weighted by molar-refractivity contribution is -0.119. The number of carbonyl (C=O) groups excluding carboxylic acids is 2. The van der Waals surface area contributed by atoms with Gasteiger partial charge in [-0.2, -0.15) is 0 Å². The van der Waals surface area contributed by atoms with Crippen molar-refractivity contribution in [2.45, 2.75) is 39.3 Å². The summed E-state index contributed by atoms with van der Waals surface area (Å²) in [6.07, 6.45) is -0.702. The second kappa shape index (κ2) is 4.95. The van der Waals surface area contributed by atoms with E-state index >= 15 is 0 Å². The zero-order valence-corrected chi connectivity index (χ0v) is 8.96. The van der Waals surface area contributed by atoms with E-state index in [1.54, 1.807) is 20.8 Å². The second-order valence-electron chi connectivity index (χ2n) is 3.99. The Balaban J connectivity index is 4.11. The standard InChI is InChI=1S/C9H17NO4/c1-6(12)7(5-11)10-8(13)14-9(2,3)4/h7,11H,5H2,1-4H3,(H,10,13)/t7-/m1/s1. The van der Waals surface area contributed by atoms with Gasteiger partial charge in [0.1, 0.15) is 11.6 Å². The van der Waals surface area contributed by atoms with Gasteiger partial charge in [0.2, 0.25) is 0 Å². The van der Waals surface area contributed by atoms with Crippen molar-refractivity contribution in [3.05, 3.63) is 0 Å². The maximum atomic E-state index is 11.1. The number of hydrogen-bond donors (Lipinski definition) is 2. The summed E-state index contributed by atoms with van der Waals surface area (Å²) >= 11 is 0. The quantitative estimate of drug-likeness (QED) is 0.698. The highest BCUT2D eigenvalue weighted by Gasteiger charge is 2.21. The molecule has 1 atom stereocenters. The minimum atomic E-state index is -0.884. The van der Waals surface area contributed by atoms with E-state index in [0.717, 1.165) is 0 Å². The van der Waals surface area contributed by atoms with E-state index in [9.17, 15) is 9.59 Å². The zero-order chi connectivity index (χ0) is 11.4. The van der Waals surface area contributed by atoms with E-state index in [0.29, 0.717) is 0 Å². The van der Waals surface area contributed by atoms with Gasteiger partial charge in [-0.05, 0) is 27.7 Å². The van der Waals surface area contributed by atoms with Crippen molar-refractivity contribution in [3.8, 4) is 0 Å². The van der Waals surface area contributed by atoms with Crippen LogP contribution in [0.3, 0.4) is 0 Å². The molecule has 0 fully saturated rings. The highest BCUT2D eigenvalue weighted by Crippen LogP contribution is 2.06.